The Morgan fingerprint density at radius 2 is 1.89 bits per heavy atom. The first-order valence-electron chi connectivity index (χ1n) is 12.0. The van der Waals surface area contributed by atoms with Gasteiger partial charge in [0.25, 0.3) is 5.91 Å². The lowest BCUT2D eigenvalue weighted by atomic mass is 9.90. The smallest absolute Gasteiger partial charge is 0.254 e. The van der Waals surface area contributed by atoms with Gasteiger partial charge < -0.3 is 14.4 Å². The zero-order valence-corrected chi connectivity index (χ0v) is 19.9. The van der Waals surface area contributed by atoms with E-state index in [1.807, 2.05) is 41.4 Å². The van der Waals surface area contributed by atoms with E-state index in [2.05, 4.69) is 34.2 Å². The van der Waals surface area contributed by atoms with Gasteiger partial charge in [-0.25, -0.2) is 0 Å². The van der Waals surface area contributed by atoms with Crippen LogP contribution < -0.4 is 9.47 Å². The molecule has 2 aromatic carbocycles. The number of aromatic nitrogens is 2. The van der Waals surface area contributed by atoms with Crippen molar-refractivity contribution in [3.8, 4) is 11.5 Å². The van der Waals surface area contributed by atoms with E-state index in [-0.39, 0.29) is 5.91 Å². The molecule has 0 N–H and O–H groups in total. The number of fused-ring (bicyclic) bond motifs is 1. The highest BCUT2D eigenvalue weighted by molar-refractivity contribution is 5.95. The van der Waals surface area contributed by atoms with Crippen molar-refractivity contribution in [2.75, 3.05) is 20.2 Å². The first-order chi connectivity index (χ1) is 17.2. The Balaban J connectivity index is 1.27. The minimum Gasteiger partial charge on any atom is -0.493 e. The molecule has 1 saturated heterocycles. The van der Waals surface area contributed by atoms with E-state index < -0.39 is 0 Å². The number of hydrogen-bond acceptors (Lipinski definition) is 5. The Bertz CT molecular complexity index is 1300. The van der Waals surface area contributed by atoms with E-state index in [1.54, 1.807) is 25.4 Å². The molecule has 2 aromatic heterocycles. The summed E-state index contributed by atoms with van der Waals surface area (Å²) in [7, 11) is 1.59. The van der Waals surface area contributed by atoms with Crippen molar-refractivity contribution in [3.63, 3.8) is 0 Å². The maximum atomic E-state index is 13.4. The van der Waals surface area contributed by atoms with Crippen LogP contribution >= 0.6 is 0 Å². The quantitative estimate of drug-likeness (QED) is 0.368. The number of hydrogen-bond donors (Lipinski definition) is 0. The minimum absolute atomic E-state index is 0.0281. The highest BCUT2D eigenvalue weighted by Crippen LogP contribution is 2.31. The number of ether oxygens (including phenoxy) is 2. The van der Waals surface area contributed by atoms with Gasteiger partial charge in [-0.05, 0) is 67.1 Å². The lowest BCUT2D eigenvalue weighted by Gasteiger charge is -2.33. The molecule has 1 aliphatic heterocycles. The standard InChI is InChI=1S/C29H29N3O3/c1-34-27-18-24(12-13-26(27)35-20-25-11-2-3-14-30-25)29(33)32-16-6-7-21(19-32)17-23-9-4-8-22-10-5-15-31-28(22)23/h2-5,8-15,18,21H,6-7,16-17,19-20H2,1H3. The zero-order chi connectivity index (χ0) is 24.0. The van der Waals surface area contributed by atoms with Crippen LogP contribution in [0.3, 0.4) is 0 Å². The third-order valence-electron chi connectivity index (χ3n) is 6.54. The second-order valence-electron chi connectivity index (χ2n) is 8.93. The summed E-state index contributed by atoms with van der Waals surface area (Å²) in [6.45, 7) is 1.84. The summed E-state index contributed by atoms with van der Waals surface area (Å²) < 4.78 is 11.4. The molecular weight excluding hydrogens is 438 g/mol. The van der Waals surface area contributed by atoms with Gasteiger partial charge in [0.1, 0.15) is 6.61 Å². The average molecular weight is 468 g/mol. The van der Waals surface area contributed by atoms with Crippen LogP contribution in [0.1, 0.15) is 34.5 Å². The molecule has 0 saturated carbocycles. The number of pyridine rings is 2. The van der Waals surface area contributed by atoms with Gasteiger partial charge in [-0.3, -0.25) is 14.8 Å². The van der Waals surface area contributed by atoms with Gasteiger partial charge in [-0.15, -0.1) is 0 Å². The maximum Gasteiger partial charge on any atom is 0.254 e. The molecule has 5 rings (SSSR count). The van der Waals surface area contributed by atoms with Crippen molar-refractivity contribution in [2.45, 2.75) is 25.9 Å². The van der Waals surface area contributed by atoms with Crippen LogP contribution in [0.15, 0.2) is 79.1 Å². The Hall–Kier alpha value is -3.93. The molecule has 35 heavy (non-hydrogen) atoms. The first kappa shape index (κ1) is 22.8. The van der Waals surface area contributed by atoms with E-state index in [4.69, 9.17) is 9.47 Å². The number of nitrogens with zero attached hydrogens (tertiary/aromatic N) is 3. The Morgan fingerprint density at radius 3 is 2.74 bits per heavy atom. The number of likely N-dealkylation sites (tertiary alicyclic amines) is 1. The molecule has 1 amide bonds. The van der Waals surface area contributed by atoms with Crippen molar-refractivity contribution in [1.29, 1.82) is 0 Å². The number of methoxy groups -OCH3 is 1. The summed E-state index contributed by atoms with van der Waals surface area (Å²) in [4.78, 5) is 24.2. The molecule has 0 bridgehead atoms. The van der Waals surface area contributed by atoms with Crippen LogP contribution in [0.5, 0.6) is 11.5 Å². The van der Waals surface area contributed by atoms with Crippen LogP contribution in [-0.4, -0.2) is 41.0 Å². The molecule has 1 aliphatic rings. The average Bonchev–Trinajstić information content (AvgIpc) is 2.92. The lowest BCUT2D eigenvalue weighted by molar-refractivity contribution is 0.0673. The Morgan fingerprint density at radius 1 is 1.00 bits per heavy atom. The third kappa shape index (κ3) is 5.27. The summed E-state index contributed by atoms with van der Waals surface area (Å²) in [5.41, 5.74) is 3.75. The normalized spacial score (nSPS) is 15.7. The monoisotopic (exact) mass is 467 g/mol. The van der Waals surface area contributed by atoms with Gasteiger partial charge >= 0.3 is 0 Å². The SMILES string of the molecule is COc1cc(C(=O)N2CCCC(Cc3cccc4cccnc34)C2)ccc1OCc1ccccn1. The highest BCUT2D eigenvalue weighted by Gasteiger charge is 2.26. The maximum absolute atomic E-state index is 13.4. The fourth-order valence-corrected chi connectivity index (χ4v) is 4.80. The highest BCUT2D eigenvalue weighted by atomic mass is 16.5. The van der Waals surface area contributed by atoms with Crippen molar-refractivity contribution >= 4 is 16.8 Å². The van der Waals surface area contributed by atoms with Crippen molar-refractivity contribution < 1.29 is 14.3 Å². The summed E-state index contributed by atoms with van der Waals surface area (Å²) >= 11 is 0. The predicted molar refractivity (Wildman–Crippen MR) is 136 cm³/mol. The van der Waals surface area contributed by atoms with E-state index in [0.717, 1.165) is 48.9 Å². The second-order valence-corrected chi connectivity index (χ2v) is 8.93. The molecule has 3 heterocycles. The van der Waals surface area contributed by atoms with E-state index in [0.29, 0.717) is 29.6 Å². The minimum atomic E-state index is 0.0281. The number of carbonyl (C=O) groups is 1. The van der Waals surface area contributed by atoms with Crippen LogP contribution in [0.2, 0.25) is 0 Å². The molecule has 0 spiro atoms. The van der Waals surface area contributed by atoms with Gasteiger partial charge in [0.2, 0.25) is 0 Å². The van der Waals surface area contributed by atoms with Crippen molar-refractivity contribution in [1.82, 2.24) is 14.9 Å². The van der Waals surface area contributed by atoms with E-state index in [9.17, 15) is 4.79 Å². The predicted octanol–water partition coefficient (Wildman–Crippen LogP) is 5.31. The lowest BCUT2D eigenvalue weighted by Crippen LogP contribution is -2.40. The van der Waals surface area contributed by atoms with Gasteiger partial charge in [0, 0.05) is 36.4 Å². The second kappa shape index (κ2) is 10.6. The fourth-order valence-electron chi connectivity index (χ4n) is 4.80. The van der Waals surface area contributed by atoms with Crippen LogP contribution in [0, 0.1) is 5.92 Å². The molecule has 6 nitrogen and oxygen atoms in total. The van der Waals surface area contributed by atoms with Gasteiger partial charge in [-0.1, -0.05) is 30.3 Å². The summed E-state index contributed by atoms with van der Waals surface area (Å²) in [6, 6.07) is 21.5. The van der Waals surface area contributed by atoms with Gasteiger partial charge in [0.15, 0.2) is 11.5 Å². The van der Waals surface area contributed by atoms with Crippen LogP contribution in [-0.2, 0) is 13.0 Å². The summed E-state index contributed by atoms with van der Waals surface area (Å²) in [5, 5.41) is 1.16. The molecule has 178 valence electrons. The third-order valence-corrected chi connectivity index (χ3v) is 6.54. The molecule has 1 atom stereocenters. The number of benzene rings is 2. The zero-order valence-electron chi connectivity index (χ0n) is 19.9. The van der Waals surface area contributed by atoms with Gasteiger partial charge in [-0.2, -0.15) is 0 Å². The van der Waals surface area contributed by atoms with E-state index >= 15 is 0 Å². The van der Waals surface area contributed by atoms with Gasteiger partial charge in [0.05, 0.1) is 18.3 Å². The Kier molecular flexibility index (Phi) is 6.89. The number of rotatable bonds is 7. The van der Waals surface area contributed by atoms with Crippen molar-refractivity contribution in [2.24, 2.45) is 5.92 Å². The molecule has 0 radical (unpaired) electrons. The molecule has 4 aromatic rings. The number of carbonyl (C=O) groups excluding carboxylic acids is 1. The number of amides is 1. The molecule has 0 aliphatic carbocycles. The molecule has 1 unspecified atom stereocenters. The first-order valence-corrected chi connectivity index (χ1v) is 12.0. The number of para-hydroxylation sites is 1. The number of piperidine rings is 1. The molecule has 6 heteroatoms. The summed E-state index contributed by atoms with van der Waals surface area (Å²) in [5.74, 6) is 1.57. The topological polar surface area (TPSA) is 64.5 Å². The fraction of sp³-hybridized carbons (Fsp3) is 0.276. The molecular formula is C29H29N3O3. The Labute approximate surface area is 205 Å². The molecule has 1 fully saturated rings. The van der Waals surface area contributed by atoms with Crippen LogP contribution in [0.25, 0.3) is 10.9 Å². The van der Waals surface area contributed by atoms with E-state index in [1.165, 1.54) is 5.56 Å². The van der Waals surface area contributed by atoms with Crippen LogP contribution in [0.4, 0.5) is 0 Å². The summed E-state index contributed by atoms with van der Waals surface area (Å²) in [6.07, 6.45) is 6.61. The largest absolute Gasteiger partial charge is 0.493 e. The van der Waals surface area contributed by atoms with Crippen molar-refractivity contribution in [3.05, 3.63) is 95.9 Å².